The van der Waals surface area contributed by atoms with Crippen LogP contribution < -0.4 is 5.32 Å². The number of ether oxygens (including phenoxy) is 1. The molecule has 1 atom stereocenters. The number of amides is 1. The summed E-state index contributed by atoms with van der Waals surface area (Å²) in [6.07, 6.45) is -1.00. The topological polar surface area (TPSA) is 109 Å². The van der Waals surface area contributed by atoms with E-state index in [4.69, 9.17) is 4.74 Å². The quantitative estimate of drug-likeness (QED) is 0.181. The maximum absolute atomic E-state index is 13.3. The smallest absolute Gasteiger partial charge is 0.416 e. The number of pyridine rings is 1. The van der Waals surface area contributed by atoms with E-state index >= 15 is 0 Å². The average Bonchev–Trinajstić information content (AvgIpc) is 2.94. The van der Waals surface area contributed by atoms with E-state index in [1.807, 2.05) is 20.8 Å². The molecule has 0 bridgehead atoms. The summed E-state index contributed by atoms with van der Waals surface area (Å²) in [4.78, 5) is 29.9. The Bertz CT molecular complexity index is 1660. The number of phenolic OH excluding ortho intramolecular Hbond substituents is 1. The molecule has 0 unspecified atom stereocenters. The predicted molar refractivity (Wildman–Crippen MR) is 158 cm³/mol. The lowest BCUT2D eigenvalue weighted by Crippen LogP contribution is -2.42. The fraction of sp³-hybridized carbons (Fsp3) is 0.242. The lowest BCUT2D eigenvalue weighted by Gasteiger charge is -2.25. The van der Waals surface area contributed by atoms with Gasteiger partial charge in [0.1, 0.15) is 11.4 Å². The van der Waals surface area contributed by atoms with Gasteiger partial charge in [-0.25, -0.2) is 9.78 Å². The molecule has 0 fully saturated rings. The van der Waals surface area contributed by atoms with Gasteiger partial charge in [-0.05, 0) is 86.3 Å². The van der Waals surface area contributed by atoms with Gasteiger partial charge in [0.15, 0.2) is 0 Å². The van der Waals surface area contributed by atoms with Gasteiger partial charge in [-0.1, -0.05) is 42.5 Å². The molecule has 1 aromatic heterocycles. The number of benzene rings is 3. The van der Waals surface area contributed by atoms with Crippen molar-refractivity contribution in [1.82, 2.24) is 10.3 Å². The van der Waals surface area contributed by atoms with Gasteiger partial charge in [0.2, 0.25) is 0 Å². The minimum Gasteiger partial charge on any atom is -0.508 e. The Hall–Kier alpha value is -4.70. The highest BCUT2D eigenvalue weighted by Gasteiger charge is 2.30. The van der Waals surface area contributed by atoms with Gasteiger partial charge in [-0.2, -0.15) is 13.2 Å². The normalized spacial score (nSPS) is 12.9. The summed E-state index contributed by atoms with van der Waals surface area (Å²) in [5, 5.41) is 22.7. The Morgan fingerprint density at radius 2 is 1.63 bits per heavy atom. The summed E-state index contributed by atoms with van der Waals surface area (Å²) in [6, 6.07) is 16.9. The molecule has 1 heterocycles. The van der Waals surface area contributed by atoms with E-state index in [1.165, 1.54) is 24.3 Å². The molecule has 4 rings (SSSR count). The van der Waals surface area contributed by atoms with Crippen molar-refractivity contribution >= 4 is 34.9 Å². The van der Waals surface area contributed by atoms with Gasteiger partial charge in [0, 0.05) is 5.39 Å². The molecule has 0 aliphatic heterocycles. The van der Waals surface area contributed by atoms with Crippen molar-refractivity contribution in [3.63, 3.8) is 0 Å². The molecular weight excluding hydrogens is 561 g/mol. The van der Waals surface area contributed by atoms with Crippen LogP contribution in [0.2, 0.25) is 0 Å². The van der Waals surface area contributed by atoms with Crippen LogP contribution in [0, 0.1) is 0 Å². The van der Waals surface area contributed by atoms with Crippen LogP contribution in [-0.2, 0) is 17.3 Å². The van der Waals surface area contributed by atoms with E-state index in [0.717, 1.165) is 17.7 Å². The third-order valence-corrected chi connectivity index (χ3v) is 6.45. The first-order valence-electron chi connectivity index (χ1n) is 13.4. The molecule has 0 aliphatic rings. The zero-order valence-corrected chi connectivity index (χ0v) is 23.8. The summed E-state index contributed by atoms with van der Waals surface area (Å²) in [5.41, 5.74) is 0.505. The highest BCUT2D eigenvalue weighted by molar-refractivity contribution is 6.06. The van der Waals surface area contributed by atoms with Crippen molar-refractivity contribution in [2.45, 2.75) is 45.0 Å². The number of carboxylic acid groups (broad SMARTS) is 1. The molecule has 0 spiro atoms. The van der Waals surface area contributed by atoms with Gasteiger partial charge >= 0.3 is 12.1 Å². The number of fused-ring (bicyclic) bond motifs is 1. The number of nitrogens with zero attached hydrogens (tertiary/aromatic N) is 1. The first-order valence-corrected chi connectivity index (χ1v) is 13.4. The van der Waals surface area contributed by atoms with Crippen LogP contribution in [0.1, 0.15) is 63.9 Å². The second-order valence-electron chi connectivity index (χ2n) is 11.1. The van der Waals surface area contributed by atoms with Crippen LogP contribution in [0.25, 0.3) is 23.1 Å². The highest BCUT2D eigenvalue weighted by Crippen LogP contribution is 2.30. The molecule has 0 saturated carbocycles. The van der Waals surface area contributed by atoms with Gasteiger partial charge in [0.25, 0.3) is 5.91 Å². The van der Waals surface area contributed by atoms with Crippen molar-refractivity contribution in [1.29, 1.82) is 0 Å². The first kappa shape index (κ1) is 31.2. The number of halogens is 3. The molecule has 224 valence electrons. The number of carbonyl (C=O) groups is 2. The van der Waals surface area contributed by atoms with Crippen LogP contribution in [0.15, 0.2) is 72.8 Å². The van der Waals surface area contributed by atoms with E-state index in [0.29, 0.717) is 17.5 Å². The molecule has 0 radical (unpaired) electrons. The van der Waals surface area contributed by atoms with Crippen LogP contribution in [0.5, 0.6) is 5.75 Å². The number of alkyl halides is 3. The number of nitrogens with one attached hydrogen (secondary N) is 1. The number of carboxylic acids is 1. The Morgan fingerprint density at radius 3 is 2.26 bits per heavy atom. The number of aromatic nitrogens is 1. The molecule has 0 aliphatic carbocycles. The van der Waals surface area contributed by atoms with Crippen molar-refractivity contribution in [2.24, 2.45) is 0 Å². The minimum absolute atomic E-state index is 0.0939. The molecule has 10 heteroatoms. The van der Waals surface area contributed by atoms with E-state index in [1.54, 1.807) is 48.5 Å². The van der Waals surface area contributed by atoms with Gasteiger partial charge in [-0.15, -0.1) is 0 Å². The standard InChI is InChI=1S/C33H31F3N2O5/c1-32(2,3)43-19-24(16-21-9-12-25(39)13-10-21)37-30(40)29-18-27(31(41)42)26-17-22(11-14-28(26)38-29)8-7-20-5-4-6-23(15-20)33(34,35)36/h4-15,17-18,24,39H,16,19H2,1-3H3,(H,37,40)(H,41,42)/b8-7+/t24-/m1/s1. The van der Waals surface area contributed by atoms with Crippen molar-refractivity contribution < 1.29 is 37.7 Å². The van der Waals surface area contributed by atoms with Gasteiger partial charge in [-0.3, -0.25) is 4.79 Å². The zero-order valence-electron chi connectivity index (χ0n) is 23.8. The maximum atomic E-state index is 13.3. The maximum Gasteiger partial charge on any atom is 0.416 e. The molecular formula is C33H31F3N2O5. The second-order valence-corrected chi connectivity index (χ2v) is 11.1. The van der Waals surface area contributed by atoms with Crippen LogP contribution in [-0.4, -0.2) is 45.3 Å². The third-order valence-electron chi connectivity index (χ3n) is 6.45. The number of phenols is 1. The zero-order chi connectivity index (χ0) is 31.4. The Labute approximate surface area is 246 Å². The largest absolute Gasteiger partial charge is 0.508 e. The molecule has 0 saturated heterocycles. The summed E-state index contributed by atoms with van der Waals surface area (Å²) in [6.45, 7) is 5.84. The number of carbonyl (C=O) groups excluding carboxylic acids is 1. The summed E-state index contributed by atoms with van der Waals surface area (Å²) in [5.74, 6) is -1.73. The van der Waals surface area contributed by atoms with Gasteiger partial charge in [0.05, 0.1) is 34.9 Å². The fourth-order valence-electron chi connectivity index (χ4n) is 4.33. The second kappa shape index (κ2) is 12.7. The number of hydrogen-bond acceptors (Lipinski definition) is 5. The third kappa shape index (κ3) is 8.65. The van der Waals surface area contributed by atoms with Gasteiger partial charge < -0.3 is 20.3 Å². The number of aromatic hydroxyl groups is 1. The van der Waals surface area contributed by atoms with Crippen LogP contribution in [0.4, 0.5) is 13.2 Å². The molecule has 1 amide bonds. The van der Waals surface area contributed by atoms with Crippen molar-refractivity contribution in [3.05, 3.63) is 106 Å². The molecule has 3 N–H and O–H groups in total. The van der Waals surface area contributed by atoms with E-state index in [-0.39, 0.29) is 34.5 Å². The first-order chi connectivity index (χ1) is 20.2. The Balaban J connectivity index is 1.60. The Kier molecular flexibility index (Phi) is 9.20. The lowest BCUT2D eigenvalue weighted by molar-refractivity contribution is -0.137. The average molecular weight is 593 g/mol. The predicted octanol–water partition coefficient (Wildman–Crippen LogP) is 6.98. The van der Waals surface area contributed by atoms with E-state index in [9.17, 15) is 33.0 Å². The summed E-state index contributed by atoms with van der Waals surface area (Å²) >= 11 is 0. The van der Waals surface area contributed by atoms with Crippen molar-refractivity contribution in [3.8, 4) is 5.75 Å². The lowest BCUT2D eigenvalue weighted by atomic mass is 10.0. The molecule has 7 nitrogen and oxygen atoms in total. The van der Waals surface area contributed by atoms with Crippen LogP contribution >= 0.6 is 0 Å². The molecule has 43 heavy (non-hydrogen) atoms. The minimum atomic E-state index is -4.47. The van der Waals surface area contributed by atoms with Crippen LogP contribution in [0.3, 0.4) is 0 Å². The Morgan fingerprint density at radius 1 is 0.953 bits per heavy atom. The number of rotatable bonds is 9. The summed E-state index contributed by atoms with van der Waals surface area (Å²) in [7, 11) is 0. The fourth-order valence-corrected chi connectivity index (χ4v) is 4.33. The molecule has 4 aromatic rings. The SMILES string of the molecule is CC(C)(C)OC[C@@H](Cc1ccc(O)cc1)NC(=O)c1cc(C(=O)O)c2cc(/C=C/c3cccc(C(F)(F)F)c3)ccc2n1. The number of aromatic carboxylic acids is 1. The monoisotopic (exact) mass is 592 g/mol. The summed E-state index contributed by atoms with van der Waals surface area (Å²) < 4.78 is 45.1. The van der Waals surface area contributed by atoms with E-state index < -0.39 is 35.3 Å². The molecule has 3 aromatic carbocycles. The van der Waals surface area contributed by atoms with E-state index in [2.05, 4.69) is 10.3 Å². The van der Waals surface area contributed by atoms with Crippen molar-refractivity contribution in [2.75, 3.05) is 6.61 Å². The highest BCUT2D eigenvalue weighted by atomic mass is 19.4. The number of hydrogen-bond donors (Lipinski definition) is 3.